The molecule has 0 saturated carbocycles. The topological polar surface area (TPSA) is 99.4 Å². The lowest BCUT2D eigenvalue weighted by Gasteiger charge is -2.28. The lowest BCUT2D eigenvalue weighted by molar-refractivity contribution is -0.108. The standard InChI is InChI=1S/C21H15ClN2O4S/c22-19-10-7-14(11-24-19)20-17(12-25)16-3-1-2-4-18(16)28-21(20)13-5-8-15(9-6-13)29(23,26)27/h1-12,17H,(H2,23,26,27). The summed E-state index contributed by atoms with van der Waals surface area (Å²) in [5, 5.41) is 5.51. The highest BCUT2D eigenvalue weighted by atomic mass is 35.5. The molecule has 29 heavy (non-hydrogen) atoms. The number of allylic oxidation sites excluding steroid dienone is 1. The fourth-order valence-corrected chi connectivity index (χ4v) is 3.92. The molecule has 3 aromatic rings. The number of benzene rings is 2. The number of hydrogen-bond donors (Lipinski definition) is 1. The van der Waals surface area contributed by atoms with Crippen molar-refractivity contribution in [3.8, 4) is 5.75 Å². The first-order valence-corrected chi connectivity index (χ1v) is 10.5. The van der Waals surface area contributed by atoms with Crippen molar-refractivity contribution < 1.29 is 17.9 Å². The number of fused-ring (bicyclic) bond motifs is 1. The van der Waals surface area contributed by atoms with Crippen LogP contribution < -0.4 is 9.88 Å². The molecule has 2 N–H and O–H groups in total. The van der Waals surface area contributed by atoms with E-state index in [0.29, 0.717) is 33.4 Å². The van der Waals surface area contributed by atoms with Gasteiger partial charge in [0.25, 0.3) is 0 Å². The molecule has 0 radical (unpaired) electrons. The van der Waals surface area contributed by atoms with Crippen LogP contribution in [0.1, 0.15) is 22.6 Å². The second kappa shape index (κ2) is 7.44. The maximum absolute atomic E-state index is 12.1. The second-order valence-electron chi connectivity index (χ2n) is 6.44. The molecule has 0 bridgehead atoms. The molecule has 2 heterocycles. The Morgan fingerprint density at radius 1 is 1.00 bits per heavy atom. The molecule has 1 aliphatic heterocycles. The Kier molecular flexibility index (Phi) is 4.96. The Morgan fingerprint density at radius 2 is 1.69 bits per heavy atom. The molecule has 0 aliphatic carbocycles. The third kappa shape index (κ3) is 3.67. The summed E-state index contributed by atoms with van der Waals surface area (Å²) in [5.74, 6) is 0.405. The molecular formula is C21H15ClN2O4S. The molecular weight excluding hydrogens is 412 g/mol. The largest absolute Gasteiger partial charge is 0.456 e. The lowest BCUT2D eigenvalue weighted by atomic mass is 9.84. The predicted octanol–water partition coefficient (Wildman–Crippen LogP) is 3.63. The summed E-state index contributed by atoms with van der Waals surface area (Å²) in [5.41, 5.74) is 2.62. The summed E-state index contributed by atoms with van der Waals surface area (Å²) in [6.45, 7) is 0. The molecule has 2 aromatic carbocycles. The van der Waals surface area contributed by atoms with Crippen LogP contribution in [0.2, 0.25) is 5.15 Å². The minimum atomic E-state index is -3.82. The van der Waals surface area contributed by atoms with Gasteiger partial charge >= 0.3 is 0 Å². The van der Waals surface area contributed by atoms with Gasteiger partial charge in [0.05, 0.1) is 10.8 Å². The smallest absolute Gasteiger partial charge is 0.238 e. The van der Waals surface area contributed by atoms with E-state index in [0.717, 1.165) is 11.8 Å². The molecule has 6 nitrogen and oxygen atoms in total. The summed E-state index contributed by atoms with van der Waals surface area (Å²) < 4.78 is 29.3. The highest BCUT2D eigenvalue weighted by Gasteiger charge is 2.31. The first kappa shape index (κ1) is 19.3. The number of nitrogens with two attached hydrogens (primary N) is 1. The number of para-hydroxylation sites is 1. The lowest BCUT2D eigenvalue weighted by Crippen LogP contribution is -2.16. The van der Waals surface area contributed by atoms with E-state index < -0.39 is 15.9 Å². The molecule has 0 amide bonds. The third-order valence-electron chi connectivity index (χ3n) is 4.64. The zero-order valence-corrected chi connectivity index (χ0v) is 16.5. The van der Waals surface area contributed by atoms with Crippen molar-refractivity contribution in [3.05, 3.63) is 88.7 Å². The van der Waals surface area contributed by atoms with Gasteiger partial charge in [0.2, 0.25) is 10.0 Å². The van der Waals surface area contributed by atoms with Crippen molar-refractivity contribution in [2.45, 2.75) is 10.8 Å². The molecule has 0 saturated heterocycles. The van der Waals surface area contributed by atoms with Gasteiger partial charge in [-0.2, -0.15) is 0 Å². The van der Waals surface area contributed by atoms with Crippen LogP contribution in [-0.2, 0) is 14.8 Å². The molecule has 4 rings (SSSR count). The van der Waals surface area contributed by atoms with Gasteiger partial charge in [0.15, 0.2) is 0 Å². The van der Waals surface area contributed by atoms with Crippen LogP contribution in [0.4, 0.5) is 0 Å². The van der Waals surface area contributed by atoms with E-state index in [-0.39, 0.29) is 4.90 Å². The minimum Gasteiger partial charge on any atom is -0.456 e. The number of carbonyl (C=O) groups excluding carboxylic acids is 1. The number of nitrogens with zero attached hydrogens (tertiary/aromatic N) is 1. The van der Waals surface area contributed by atoms with E-state index in [1.807, 2.05) is 18.2 Å². The van der Waals surface area contributed by atoms with Gasteiger partial charge in [-0.25, -0.2) is 18.5 Å². The Morgan fingerprint density at radius 3 is 2.31 bits per heavy atom. The van der Waals surface area contributed by atoms with E-state index in [4.69, 9.17) is 21.5 Å². The fourth-order valence-electron chi connectivity index (χ4n) is 3.29. The van der Waals surface area contributed by atoms with E-state index in [9.17, 15) is 13.2 Å². The number of halogens is 1. The molecule has 146 valence electrons. The number of rotatable bonds is 4. The zero-order chi connectivity index (χ0) is 20.6. The number of pyridine rings is 1. The maximum atomic E-state index is 12.1. The maximum Gasteiger partial charge on any atom is 0.238 e. The summed E-state index contributed by atoms with van der Waals surface area (Å²) >= 11 is 5.92. The van der Waals surface area contributed by atoms with Crippen molar-refractivity contribution in [3.63, 3.8) is 0 Å². The average Bonchev–Trinajstić information content (AvgIpc) is 2.72. The molecule has 0 fully saturated rings. The Bertz CT molecular complexity index is 1220. The number of hydrogen-bond acceptors (Lipinski definition) is 5. The monoisotopic (exact) mass is 426 g/mol. The van der Waals surface area contributed by atoms with Gasteiger partial charge < -0.3 is 9.53 Å². The molecule has 1 aliphatic rings. The van der Waals surface area contributed by atoms with Gasteiger partial charge in [-0.3, -0.25) is 0 Å². The normalized spacial score (nSPS) is 16.1. The van der Waals surface area contributed by atoms with Crippen molar-refractivity contribution in [2.24, 2.45) is 5.14 Å². The number of carbonyl (C=O) groups is 1. The van der Waals surface area contributed by atoms with E-state index in [1.165, 1.54) is 12.1 Å². The van der Waals surface area contributed by atoms with Crippen molar-refractivity contribution in [1.29, 1.82) is 0 Å². The van der Waals surface area contributed by atoms with Crippen LogP contribution in [0.3, 0.4) is 0 Å². The van der Waals surface area contributed by atoms with Crippen LogP contribution in [0.5, 0.6) is 5.75 Å². The van der Waals surface area contributed by atoms with Crippen LogP contribution >= 0.6 is 11.6 Å². The van der Waals surface area contributed by atoms with Crippen molar-refractivity contribution in [2.75, 3.05) is 0 Å². The average molecular weight is 427 g/mol. The Balaban J connectivity index is 1.94. The molecule has 0 spiro atoms. The summed E-state index contributed by atoms with van der Waals surface area (Å²) in [7, 11) is -3.82. The van der Waals surface area contributed by atoms with Crippen molar-refractivity contribution in [1.82, 2.24) is 4.98 Å². The van der Waals surface area contributed by atoms with Crippen LogP contribution in [0.25, 0.3) is 11.3 Å². The summed E-state index contributed by atoms with van der Waals surface area (Å²) in [4.78, 5) is 16.2. The molecule has 8 heteroatoms. The molecule has 1 aromatic heterocycles. The van der Waals surface area contributed by atoms with Crippen LogP contribution in [0.15, 0.2) is 71.8 Å². The number of aldehydes is 1. The van der Waals surface area contributed by atoms with Gasteiger partial charge in [0.1, 0.15) is 22.9 Å². The highest BCUT2D eigenvalue weighted by molar-refractivity contribution is 7.89. The molecule has 1 unspecified atom stereocenters. The van der Waals surface area contributed by atoms with E-state index in [2.05, 4.69) is 4.98 Å². The van der Waals surface area contributed by atoms with Gasteiger partial charge in [-0.1, -0.05) is 29.8 Å². The van der Waals surface area contributed by atoms with Gasteiger partial charge in [0, 0.05) is 28.5 Å². The first-order valence-electron chi connectivity index (χ1n) is 8.60. The van der Waals surface area contributed by atoms with Crippen LogP contribution in [0, 0.1) is 0 Å². The number of primary sulfonamides is 1. The Hall–Kier alpha value is -3.00. The summed E-state index contributed by atoms with van der Waals surface area (Å²) in [6, 6.07) is 16.6. The fraction of sp³-hybridized carbons (Fsp3) is 0.0476. The minimum absolute atomic E-state index is 0.0142. The van der Waals surface area contributed by atoms with Crippen LogP contribution in [-0.4, -0.2) is 19.7 Å². The van der Waals surface area contributed by atoms with Crippen molar-refractivity contribution >= 4 is 39.2 Å². The quantitative estimate of drug-likeness (QED) is 0.507. The second-order valence-corrected chi connectivity index (χ2v) is 8.38. The predicted molar refractivity (Wildman–Crippen MR) is 110 cm³/mol. The van der Waals surface area contributed by atoms with Gasteiger partial charge in [-0.15, -0.1) is 0 Å². The summed E-state index contributed by atoms with van der Waals surface area (Å²) in [6.07, 6.45) is 2.42. The Labute approximate surface area is 172 Å². The number of sulfonamides is 1. The van der Waals surface area contributed by atoms with E-state index >= 15 is 0 Å². The highest BCUT2D eigenvalue weighted by Crippen LogP contribution is 2.45. The first-order chi connectivity index (χ1) is 13.9. The number of ether oxygens (including phenoxy) is 1. The molecule has 1 atom stereocenters. The SMILES string of the molecule is NS(=O)(=O)c1ccc(C2=C(c3ccc(Cl)nc3)C(C=O)c3ccccc3O2)cc1. The number of aromatic nitrogens is 1. The van der Waals surface area contributed by atoms with Gasteiger partial charge in [-0.05, 0) is 42.5 Å². The third-order valence-corrected chi connectivity index (χ3v) is 5.79. The zero-order valence-electron chi connectivity index (χ0n) is 14.9. The van der Waals surface area contributed by atoms with E-state index in [1.54, 1.807) is 36.5 Å².